The Hall–Kier alpha value is -0.850. The first-order valence-electron chi connectivity index (χ1n) is 4.31. The van der Waals surface area contributed by atoms with Gasteiger partial charge in [0.25, 0.3) is 0 Å². The quantitative estimate of drug-likeness (QED) is 0.552. The van der Waals surface area contributed by atoms with Crippen LogP contribution in [0.25, 0.3) is 0 Å². The topological polar surface area (TPSA) is 12.9 Å². The Morgan fingerprint density at radius 3 is 3.36 bits per heavy atom. The molecule has 0 radical (unpaired) electrons. The zero-order valence-corrected chi connectivity index (χ0v) is 6.88. The molecule has 0 amide bonds. The molecule has 1 heteroatoms. The minimum atomic E-state index is 0. The van der Waals surface area contributed by atoms with Gasteiger partial charge in [0.05, 0.1) is 0 Å². The number of aryl methyl sites for hydroxylation is 1. The predicted octanol–water partition coefficient (Wildman–Crippen LogP) is 2.77. The third-order valence-electron chi connectivity index (χ3n) is 2.51. The summed E-state index contributed by atoms with van der Waals surface area (Å²) in [7, 11) is 0. The van der Waals surface area contributed by atoms with Crippen molar-refractivity contribution in [3.63, 3.8) is 0 Å². The lowest BCUT2D eigenvalue weighted by Gasteiger charge is -2.20. The molecule has 0 bridgehead atoms. The van der Waals surface area contributed by atoms with Gasteiger partial charge in [0.2, 0.25) is 0 Å². The highest BCUT2D eigenvalue weighted by Crippen LogP contribution is 2.28. The maximum absolute atomic E-state index is 4.37. The van der Waals surface area contributed by atoms with Gasteiger partial charge in [-0.2, -0.15) is 0 Å². The Morgan fingerprint density at radius 1 is 1.64 bits per heavy atom. The average Bonchev–Trinajstić information content (AvgIpc) is 2.06. The van der Waals surface area contributed by atoms with Gasteiger partial charge in [-0.15, -0.1) is 0 Å². The van der Waals surface area contributed by atoms with E-state index in [9.17, 15) is 0 Å². The van der Waals surface area contributed by atoms with Crippen molar-refractivity contribution < 1.29 is 1.43 Å². The average molecular weight is 149 g/mol. The molecule has 1 nitrogen and oxygen atoms in total. The van der Waals surface area contributed by atoms with Crippen LogP contribution >= 0.6 is 0 Å². The van der Waals surface area contributed by atoms with E-state index in [4.69, 9.17) is 0 Å². The van der Waals surface area contributed by atoms with Crippen LogP contribution in [0.4, 0.5) is 0 Å². The molecule has 1 heterocycles. The van der Waals surface area contributed by atoms with Crippen LogP contribution in [-0.4, -0.2) is 4.98 Å². The monoisotopic (exact) mass is 149 g/mol. The molecule has 60 valence electrons. The van der Waals surface area contributed by atoms with E-state index in [-0.39, 0.29) is 1.43 Å². The Bertz CT molecular complexity index is 260. The highest BCUT2D eigenvalue weighted by Gasteiger charge is 2.15. The molecule has 1 aliphatic carbocycles. The first-order valence-corrected chi connectivity index (χ1v) is 4.31. The Balaban J connectivity index is 0.000000720. The lowest BCUT2D eigenvalue weighted by Crippen LogP contribution is -2.08. The molecule has 0 aliphatic heterocycles. The SMILES string of the molecule is CC1CCCc2ncccc21.[HH]. The van der Waals surface area contributed by atoms with Gasteiger partial charge in [-0.1, -0.05) is 13.0 Å². The van der Waals surface area contributed by atoms with Gasteiger partial charge in [0, 0.05) is 13.3 Å². The fraction of sp³-hybridized carbons (Fsp3) is 0.500. The van der Waals surface area contributed by atoms with E-state index in [0.29, 0.717) is 0 Å². The fourth-order valence-electron chi connectivity index (χ4n) is 1.84. The van der Waals surface area contributed by atoms with E-state index in [1.165, 1.54) is 30.5 Å². The molecule has 0 saturated carbocycles. The molecule has 1 aliphatic rings. The van der Waals surface area contributed by atoms with E-state index in [0.717, 1.165) is 5.92 Å². The van der Waals surface area contributed by atoms with Crippen molar-refractivity contribution in [1.82, 2.24) is 4.98 Å². The predicted molar refractivity (Wildman–Crippen MR) is 47.7 cm³/mol. The van der Waals surface area contributed by atoms with Gasteiger partial charge in [-0.3, -0.25) is 4.98 Å². The van der Waals surface area contributed by atoms with Crippen molar-refractivity contribution in [3.05, 3.63) is 29.6 Å². The third kappa shape index (κ3) is 1.15. The fourth-order valence-corrected chi connectivity index (χ4v) is 1.84. The molecule has 0 fully saturated rings. The van der Waals surface area contributed by atoms with Crippen molar-refractivity contribution in [2.24, 2.45) is 0 Å². The van der Waals surface area contributed by atoms with E-state index in [2.05, 4.69) is 18.0 Å². The number of pyridine rings is 1. The zero-order valence-electron chi connectivity index (χ0n) is 6.88. The van der Waals surface area contributed by atoms with Crippen LogP contribution in [0.2, 0.25) is 0 Å². The molecule has 0 N–H and O–H groups in total. The van der Waals surface area contributed by atoms with E-state index < -0.39 is 0 Å². The van der Waals surface area contributed by atoms with Crippen LogP contribution in [0.3, 0.4) is 0 Å². The second-order valence-electron chi connectivity index (χ2n) is 3.33. The molecule has 1 aromatic rings. The van der Waals surface area contributed by atoms with Crippen molar-refractivity contribution in [1.29, 1.82) is 0 Å². The van der Waals surface area contributed by atoms with E-state index >= 15 is 0 Å². The molecule has 1 unspecified atom stereocenters. The smallest absolute Gasteiger partial charge is 0.0438 e. The summed E-state index contributed by atoms with van der Waals surface area (Å²) in [6.45, 7) is 2.29. The van der Waals surface area contributed by atoms with Crippen molar-refractivity contribution in [3.8, 4) is 0 Å². The van der Waals surface area contributed by atoms with Gasteiger partial charge in [-0.05, 0) is 36.8 Å². The summed E-state index contributed by atoms with van der Waals surface area (Å²) in [5.74, 6) is 0.729. The summed E-state index contributed by atoms with van der Waals surface area (Å²) >= 11 is 0. The Morgan fingerprint density at radius 2 is 2.55 bits per heavy atom. The Labute approximate surface area is 69.0 Å². The van der Waals surface area contributed by atoms with Crippen molar-refractivity contribution >= 4 is 0 Å². The summed E-state index contributed by atoms with van der Waals surface area (Å²) in [5.41, 5.74) is 2.80. The van der Waals surface area contributed by atoms with Crippen molar-refractivity contribution in [2.45, 2.75) is 32.1 Å². The molecule has 0 spiro atoms. The zero-order chi connectivity index (χ0) is 7.68. The van der Waals surface area contributed by atoms with Crippen LogP contribution in [0.5, 0.6) is 0 Å². The molecular weight excluding hydrogens is 134 g/mol. The second-order valence-corrected chi connectivity index (χ2v) is 3.33. The summed E-state index contributed by atoms with van der Waals surface area (Å²) < 4.78 is 0. The first kappa shape index (κ1) is 6.84. The van der Waals surface area contributed by atoms with Crippen LogP contribution in [0.1, 0.15) is 38.4 Å². The highest BCUT2D eigenvalue weighted by molar-refractivity contribution is 5.25. The summed E-state index contributed by atoms with van der Waals surface area (Å²) in [5, 5.41) is 0. The van der Waals surface area contributed by atoms with Gasteiger partial charge in [-0.25, -0.2) is 0 Å². The molecule has 1 atom stereocenters. The standard InChI is InChI=1S/C10H13N.H2/c1-8-4-2-6-10-9(8)5-3-7-11-10;/h3,5,7-8H,2,4,6H2,1H3;1H. The lowest BCUT2D eigenvalue weighted by molar-refractivity contribution is 0.579. The second kappa shape index (κ2) is 2.65. The molecule has 11 heavy (non-hydrogen) atoms. The molecular formula is C10H15N. The maximum atomic E-state index is 4.37. The molecule has 0 aromatic carbocycles. The molecule has 1 aromatic heterocycles. The number of hydrogen-bond acceptors (Lipinski definition) is 1. The highest BCUT2D eigenvalue weighted by atomic mass is 14.7. The summed E-state index contributed by atoms with van der Waals surface area (Å²) in [4.78, 5) is 4.37. The van der Waals surface area contributed by atoms with E-state index in [1.54, 1.807) is 0 Å². The molecule has 2 rings (SSSR count). The van der Waals surface area contributed by atoms with Gasteiger partial charge in [0.15, 0.2) is 0 Å². The minimum absolute atomic E-state index is 0. The lowest BCUT2D eigenvalue weighted by atomic mass is 9.87. The number of fused-ring (bicyclic) bond motifs is 1. The number of hydrogen-bond donors (Lipinski definition) is 0. The Kier molecular flexibility index (Phi) is 1.65. The van der Waals surface area contributed by atoms with Gasteiger partial charge in [0.1, 0.15) is 0 Å². The van der Waals surface area contributed by atoms with Crippen LogP contribution < -0.4 is 0 Å². The first-order chi connectivity index (χ1) is 5.38. The molecule has 0 saturated heterocycles. The van der Waals surface area contributed by atoms with Crippen LogP contribution in [-0.2, 0) is 6.42 Å². The van der Waals surface area contributed by atoms with Gasteiger partial charge >= 0.3 is 0 Å². The van der Waals surface area contributed by atoms with Crippen LogP contribution in [0, 0.1) is 0 Å². The third-order valence-corrected chi connectivity index (χ3v) is 2.51. The van der Waals surface area contributed by atoms with E-state index in [1.807, 2.05) is 12.3 Å². The largest absolute Gasteiger partial charge is 0.261 e. The van der Waals surface area contributed by atoms with Crippen molar-refractivity contribution in [2.75, 3.05) is 0 Å². The number of aromatic nitrogens is 1. The number of rotatable bonds is 0. The summed E-state index contributed by atoms with van der Waals surface area (Å²) in [6.07, 6.45) is 5.72. The summed E-state index contributed by atoms with van der Waals surface area (Å²) in [6, 6.07) is 4.26. The van der Waals surface area contributed by atoms with Crippen LogP contribution in [0.15, 0.2) is 18.3 Å². The number of nitrogens with zero attached hydrogens (tertiary/aromatic N) is 1. The minimum Gasteiger partial charge on any atom is -0.261 e. The maximum Gasteiger partial charge on any atom is 0.0438 e. The normalized spacial score (nSPS) is 22.8. The van der Waals surface area contributed by atoms with Gasteiger partial charge < -0.3 is 0 Å².